The molecule has 1 heterocycles. The normalized spacial score (nSPS) is 15.9. The summed E-state index contributed by atoms with van der Waals surface area (Å²) in [5.41, 5.74) is 8.56. The van der Waals surface area contributed by atoms with Crippen molar-refractivity contribution in [1.82, 2.24) is 4.90 Å². The number of hydrogen-bond acceptors (Lipinski definition) is 5. The first-order valence-electron chi connectivity index (χ1n) is 7.11. The van der Waals surface area contributed by atoms with Crippen LogP contribution in [0.5, 0.6) is 0 Å². The van der Waals surface area contributed by atoms with Crippen LogP contribution in [-0.2, 0) is 9.53 Å². The summed E-state index contributed by atoms with van der Waals surface area (Å²) in [5, 5.41) is 0.715. The van der Waals surface area contributed by atoms with E-state index in [0.717, 1.165) is 17.5 Å². The maximum atomic E-state index is 11.7. The van der Waals surface area contributed by atoms with Crippen molar-refractivity contribution in [2.75, 3.05) is 13.7 Å². The molecule has 0 amide bonds. The van der Waals surface area contributed by atoms with Crippen molar-refractivity contribution in [2.24, 2.45) is 10.7 Å². The summed E-state index contributed by atoms with van der Waals surface area (Å²) >= 11 is 6.23. The smallest absolute Gasteiger partial charge is 0.337 e. The molecule has 2 rings (SSSR count). The molecule has 1 aromatic carbocycles. The topological polar surface area (TPSA) is 67.9 Å². The fourth-order valence-electron chi connectivity index (χ4n) is 2.49. The molecule has 1 unspecified atom stereocenters. The molecule has 0 saturated carbocycles. The molecule has 1 aromatic rings. The van der Waals surface area contributed by atoms with E-state index in [1.165, 1.54) is 13.3 Å². The number of hydrogen-bond donors (Lipinski definition) is 1. The Kier molecular flexibility index (Phi) is 5.08. The molecule has 0 spiro atoms. The predicted octanol–water partition coefficient (Wildman–Crippen LogP) is 2.79. The summed E-state index contributed by atoms with van der Waals surface area (Å²) in [6.45, 7) is 4.38. The first kappa shape index (κ1) is 16.4. The zero-order valence-electron chi connectivity index (χ0n) is 13.0. The van der Waals surface area contributed by atoms with Crippen molar-refractivity contribution < 1.29 is 9.53 Å². The molecule has 0 radical (unpaired) electrons. The van der Waals surface area contributed by atoms with Crippen molar-refractivity contribution in [2.45, 2.75) is 26.3 Å². The summed E-state index contributed by atoms with van der Waals surface area (Å²) < 4.78 is 4.76. The molecule has 0 fully saturated rings. The molecule has 1 atom stereocenters. The van der Waals surface area contributed by atoms with E-state index >= 15 is 0 Å². The van der Waals surface area contributed by atoms with Gasteiger partial charge in [0.1, 0.15) is 0 Å². The van der Waals surface area contributed by atoms with Gasteiger partial charge < -0.3 is 15.4 Å². The van der Waals surface area contributed by atoms with Crippen LogP contribution in [0.2, 0.25) is 5.02 Å². The molecule has 0 aliphatic carbocycles. The number of halogens is 1. The van der Waals surface area contributed by atoms with Crippen molar-refractivity contribution in [3.8, 4) is 0 Å². The largest absolute Gasteiger partial charge is 0.466 e. The molecule has 22 heavy (non-hydrogen) atoms. The van der Waals surface area contributed by atoms with Gasteiger partial charge >= 0.3 is 5.97 Å². The molecular formula is C16H20ClN3O2. The minimum Gasteiger partial charge on any atom is -0.466 e. The number of rotatable bonds is 4. The van der Waals surface area contributed by atoms with E-state index in [0.29, 0.717) is 23.1 Å². The van der Waals surface area contributed by atoms with Gasteiger partial charge in [0.05, 0.1) is 25.3 Å². The number of guanidine groups is 1. The van der Waals surface area contributed by atoms with Gasteiger partial charge in [0.25, 0.3) is 0 Å². The lowest BCUT2D eigenvalue weighted by atomic mass is 10.0. The summed E-state index contributed by atoms with van der Waals surface area (Å²) in [5.74, 6) is -0.00533. The summed E-state index contributed by atoms with van der Waals surface area (Å²) in [6.07, 6.45) is 2.27. The number of methoxy groups -OCH3 is 1. The van der Waals surface area contributed by atoms with Gasteiger partial charge in [-0.05, 0) is 30.5 Å². The molecule has 5 nitrogen and oxygen atoms in total. The zero-order valence-corrected chi connectivity index (χ0v) is 13.7. The third kappa shape index (κ3) is 3.25. The van der Waals surface area contributed by atoms with Crippen molar-refractivity contribution >= 4 is 23.5 Å². The van der Waals surface area contributed by atoms with Crippen molar-refractivity contribution in [1.29, 1.82) is 0 Å². The number of nitrogens with two attached hydrogens (primary N) is 1. The number of esters is 1. The lowest BCUT2D eigenvalue weighted by molar-refractivity contribution is -0.136. The number of benzene rings is 1. The van der Waals surface area contributed by atoms with Gasteiger partial charge in [-0.15, -0.1) is 0 Å². The number of aliphatic imine (C=N–C) groups is 1. The van der Waals surface area contributed by atoms with Crippen LogP contribution in [0.15, 0.2) is 35.0 Å². The molecule has 1 aliphatic rings. The predicted molar refractivity (Wildman–Crippen MR) is 87.6 cm³/mol. The highest BCUT2D eigenvalue weighted by atomic mass is 35.5. The van der Waals surface area contributed by atoms with Crippen molar-refractivity contribution in [3.05, 3.63) is 46.1 Å². The van der Waals surface area contributed by atoms with Crippen LogP contribution >= 0.6 is 11.6 Å². The Morgan fingerprint density at radius 2 is 2.27 bits per heavy atom. The van der Waals surface area contributed by atoms with E-state index in [4.69, 9.17) is 22.1 Å². The van der Waals surface area contributed by atoms with E-state index in [9.17, 15) is 4.79 Å². The molecule has 0 aromatic heterocycles. The highest BCUT2D eigenvalue weighted by Gasteiger charge is 2.27. The number of aryl methyl sites for hydroxylation is 1. The molecule has 6 heteroatoms. The lowest BCUT2D eigenvalue weighted by Gasteiger charge is -2.34. The van der Waals surface area contributed by atoms with E-state index in [1.54, 1.807) is 0 Å². The molecule has 118 valence electrons. The highest BCUT2D eigenvalue weighted by molar-refractivity contribution is 6.31. The second kappa shape index (κ2) is 6.83. The van der Waals surface area contributed by atoms with Gasteiger partial charge in [-0.3, -0.25) is 0 Å². The fourth-order valence-corrected chi connectivity index (χ4v) is 2.68. The highest BCUT2D eigenvalue weighted by Crippen LogP contribution is 2.29. The van der Waals surface area contributed by atoms with Crippen molar-refractivity contribution in [3.63, 3.8) is 0 Å². The maximum absolute atomic E-state index is 11.7. The van der Waals surface area contributed by atoms with Crippen LogP contribution in [0.3, 0.4) is 0 Å². The average Bonchev–Trinajstić information content (AvgIpc) is 2.52. The van der Waals surface area contributed by atoms with Gasteiger partial charge in [0, 0.05) is 11.2 Å². The van der Waals surface area contributed by atoms with Crippen LogP contribution in [0, 0.1) is 6.92 Å². The Morgan fingerprint density at radius 1 is 1.55 bits per heavy atom. The summed E-state index contributed by atoms with van der Waals surface area (Å²) in [4.78, 5) is 17.7. The molecule has 1 aliphatic heterocycles. The molecule has 2 N–H and O–H groups in total. The standard InChI is InChI=1S/C16H20ClN3O2/c1-4-14(11-6-5-10(2)13(17)7-11)20-9-12(15(21)22-3)8-19-16(20)18/h5-8,14H,4,9H2,1-3H3,(H2,18,19). The third-order valence-corrected chi connectivity index (χ3v) is 4.19. The lowest BCUT2D eigenvalue weighted by Crippen LogP contribution is -2.43. The molecule has 0 bridgehead atoms. The van der Waals surface area contributed by atoms with Gasteiger partial charge in [-0.2, -0.15) is 0 Å². The number of carbonyl (C=O) groups excluding carboxylic acids is 1. The number of ether oxygens (including phenoxy) is 1. The minimum atomic E-state index is -0.391. The Balaban J connectivity index is 2.31. The SMILES string of the molecule is CCC(c1ccc(C)c(Cl)c1)N1CC(C(=O)OC)=CN=C1N. The van der Waals surface area contributed by atoms with Crippen LogP contribution in [0.1, 0.15) is 30.5 Å². The van der Waals surface area contributed by atoms with Gasteiger partial charge in [0.15, 0.2) is 5.96 Å². The number of carbonyl (C=O) groups is 1. The molecular weight excluding hydrogens is 302 g/mol. The maximum Gasteiger partial charge on any atom is 0.337 e. The van der Waals surface area contributed by atoms with E-state index in [1.807, 2.05) is 30.0 Å². The Hall–Kier alpha value is -2.01. The summed E-state index contributed by atoms with van der Waals surface area (Å²) in [7, 11) is 1.35. The minimum absolute atomic E-state index is 0.00444. The average molecular weight is 322 g/mol. The third-order valence-electron chi connectivity index (χ3n) is 3.78. The van der Waals surface area contributed by atoms with E-state index in [-0.39, 0.29) is 6.04 Å². The van der Waals surface area contributed by atoms with Gasteiger partial charge in [-0.1, -0.05) is 30.7 Å². The van der Waals surface area contributed by atoms with Crippen LogP contribution in [0.4, 0.5) is 0 Å². The second-order valence-corrected chi connectivity index (χ2v) is 5.60. The van der Waals surface area contributed by atoms with E-state index < -0.39 is 5.97 Å². The number of nitrogens with zero attached hydrogens (tertiary/aromatic N) is 2. The monoisotopic (exact) mass is 321 g/mol. The van der Waals surface area contributed by atoms with Crippen LogP contribution in [-0.4, -0.2) is 30.5 Å². The Labute approximate surface area is 135 Å². The Bertz CT molecular complexity index is 640. The van der Waals surface area contributed by atoms with Crippen LogP contribution in [0.25, 0.3) is 0 Å². The van der Waals surface area contributed by atoms with Gasteiger partial charge in [0.2, 0.25) is 0 Å². The first-order valence-corrected chi connectivity index (χ1v) is 7.49. The summed E-state index contributed by atoms with van der Waals surface area (Å²) in [6, 6.07) is 5.94. The fraction of sp³-hybridized carbons (Fsp3) is 0.375. The zero-order chi connectivity index (χ0) is 16.3. The molecule has 0 saturated heterocycles. The Morgan fingerprint density at radius 3 is 2.86 bits per heavy atom. The second-order valence-electron chi connectivity index (χ2n) is 5.19. The van der Waals surface area contributed by atoms with E-state index in [2.05, 4.69) is 11.9 Å². The first-order chi connectivity index (χ1) is 10.5. The van der Waals surface area contributed by atoms with Gasteiger partial charge in [-0.25, -0.2) is 9.79 Å². The quantitative estimate of drug-likeness (QED) is 0.866. The van der Waals surface area contributed by atoms with Crippen LogP contribution < -0.4 is 5.73 Å².